The number of hydrogen-bond acceptors (Lipinski definition) is 3. The molecule has 4 nitrogen and oxygen atoms in total. The van der Waals surface area contributed by atoms with Crippen LogP contribution in [0.3, 0.4) is 0 Å². The first-order chi connectivity index (χ1) is 7.03. The minimum absolute atomic E-state index is 0.0188. The fraction of sp³-hybridized carbons (Fsp3) is 1.00. The van der Waals surface area contributed by atoms with E-state index in [1.54, 1.807) is 4.31 Å². The van der Waals surface area contributed by atoms with Crippen LogP contribution in [0.15, 0.2) is 0 Å². The third-order valence-electron chi connectivity index (χ3n) is 3.01. The van der Waals surface area contributed by atoms with Crippen molar-refractivity contribution in [3.8, 4) is 0 Å². The van der Waals surface area contributed by atoms with Gasteiger partial charge >= 0.3 is 0 Å². The van der Waals surface area contributed by atoms with Crippen molar-refractivity contribution in [1.29, 1.82) is 0 Å². The van der Waals surface area contributed by atoms with Gasteiger partial charge in [0.05, 0.1) is 5.75 Å². The Labute approximate surface area is 92.9 Å². The summed E-state index contributed by atoms with van der Waals surface area (Å²) in [6, 6.07) is 0.133. The van der Waals surface area contributed by atoms with E-state index < -0.39 is 10.0 Å². The van der Waals surface area contributed by atoms with E-state index in [0.717, 1.165) is 19.3 Å². The molecule has 5 heteroatoms. The number of hydrogen-bond donors (Lipinski definition) is 1. The van der Waals surface area contributed by atoms with Crippen molar-refractivity contribution < 1.29 is 8.42 Å². The van der Waals surface area contributed by atoms with Crippen molar-refractivity contribution in [2.24, 2.45) is 5.73 Å². The summed E-state index contributed by atoms with van der Waals surface area (Å²) in [5.74, 6) is 0.244. The standard InChI is InChI=1S/C10H22N2O2S/c1-3-7-15(13,14)12-9(2)5-4-6-10(12)8-11/h9-10H,3-8,11H2,1-2H3. The lowest BCUT2D eigenvalue weighted by molar-refractivity contribution is 0.196. The van der Waals surface area contributed by atoms with Gasteiger partial charge in [0.1, 0.15) is 0 Å². The normalized spacial score (nSPS) is 29.3. The van der Waals surface area contributed by atoms with Crippen LogP contribution in [0.1, 0.15) is 39.5 Å². The Bertz CT molecular complexity index is 290. The predicted molar refractivity (Wildman–Crippen MR) is 62.1 cm³/mol. The number of piperidine rings is 1. The molecule has 1 rings (SSSR count). The van der Waals surface area contributed by atoms with Crippen molar-refractivity contribution in [2.75, 3.05) is 12.3 Å². The highest BCUT2D eigenvalue weighted by Gasteiger charge is 2.35. The Kier molecular flexibility index (Phi) is 4.55. The van der Waals surface area contributed by atoms with Crippen LogP contribution >= 0.6 is 0 Å². The van der Waals surface area contributed by atoms with Gasteiger partial charge in [-0.2, -0.15) is 4.31 Å². The van der Waals surface area contributed by atoms with Crippen molar-refractivity contribution in [3.63, 3.8) is 0 Å². The van der Waals surface area contributed by atoms with E-state index in [9.17, 15) is 8.42 Å². The van der Waals surface area contributed by atoms with E-state index in [4.69, 9.17) is 5.73 Å². The van der Waals surface area contributed by atoms with Gasteiger partial charge in [-0.05, 0) is 26.2 Å². The van der Waals surface area contributed by atoms with Gasteiger partial charge in [-0.25, -0.2) is 8.42 Å². The van der Waals surface area contributed by atoms with Crippen LogP contribution in [-0.4, -0.2) is 37.1 Å². The van der Waals surface area contributed by atoms with Crippen molar-refractivity contribution in [1.82, 2.24) is 4.31 Å². The van der Waals surface area contributed by atoms with E-state index >= 15 is 0 Å². The average Bonchev–Trinajstić information content (AvgIpc) is 2.16. The van der Waals surface area contributed by atoms with Gasteiger partial charge in [-0.3, -0.25) is 0 Å². The molecule has 90 valence electrons. The van der Waals surface area contributed by atoms with Gasteiger partial charge in [-0.15, -0.1) is 0 Å². The van der Waals surface area contributed by atoms with Crippen LogP contribution < -0.4 is 5.73 Å². The maximum absolute atomic E-state index is 12.0. The zero-order chi connectivity index (χ0) is 11.5. The maximum Gasteiger partial charge on any atom is 0.214 e. The van der Waals surface area contributed by atoms with Gasteiger partial charge in [0.2, 0.25) is 10.0 Å². The summed E-state index contributed by atoms with van der Waals surface area (Å²) < 4.78 is 25.7. The van der Waals surface area contributed by atoms with Gasteiger partial charge in [0, 0.05) is 18.6 Å². The molecule has 1 aliphatic heterocycles. The molecule has 1 fully saturated rings. The van der Waals surface area contributed by atoms with E-state index in [2.05, 4.69) is 0 Å². The predicted octanol–water partition coefficient (Wildman–Crippen LogP) is 0.928. The van der Waals surface area contributed by atoms with Crippen LogP contribution in [0.2, 0.25) is 0 Å². The third kappa shape index (κ3) is 2.92. The third-order valence-corrected chi connectivity index (χ3v) is 5.23. The lowest BCUT2D eigenvalue weighted by atomic mass is 10.00. The van der Waals surface area contributed by atoms with E-state index in [1.807, 2.05) is 13.8 Å². The molecule has 0 spiro atoms. The highest BCUT2D eigenvalue weighted by Crippen LogP contribution is 2.25. The van der Waals surface area contributed by atoms with E-state index in [1.165, 1.54) is 0 Å². The Morgan fingerprint density at radius 2 is 2.07 bits per heavy atom. The average molecular weight is 234 g/mol. The smallest absolute Gasteiger partial charge is 0.214 e. The van der Waals surface area contributed by atoms with Crippen LogP contribution in [-0.2, 0) is 10.0 Å². The first-order valence-electron chi connectivity index (χ1n) is 5.74. The summed E-state index contributed by atoms with van der Waals surface area (Å²) in [5.41, 5.74) is 5.64. The van der Waals surface area contributed by atoms with E-state index in [0.29, 0.717) is 13.0 Å². The van der Waals surface area contributed by atoms with Gasteiger partial charge in [-0.1, -0.05) is 13.3 Å². The van der Waals surface area contributed by atoms with Crippen molar-refractivity contribution in [3.05, 3.63) is 0 Å². The van der Waals surface area contributed by atoms with Crippen LogP contribution in [0.25, 0.3) is 0 Å². The summed E-state index contributed by atoms with van der Waals surface area (Å²) in [7, 11) is -3.09. The number of rotatable bonds is 4. The molecule has 0 amide bonds. The second-order valence-electron chi connectivity index (χ2n) is 4.32. The molecule has 0 bridgehead atoms. The quantitative estimate of drug-likeness (QED) is 0.787. The summed E-state index contributed by atoms with van der Waals surface area (Å²) in [4.78, 5) is 0. The number of nitrogens with two attached hydrogens (primary N) is 1. The lowest BCUT2D eigenvalue weighted by Crippen LogP contribution is -2.52. The van der Waals surface area contributed by atoms with Crippen LogP contribution in [0, 0.1) is 0 Å². The lowest BCUT2D eigenvalue weighted by Gasteiger charge is -2.38. The first-order valence-corrected chi connectivity index (χ1v) is 7.35. The van der Waals surface area contributed by atoms with E-state index in [-0.39, 0.29) is 17.8 Å². The molecule has 1 heterocycles. The molecule has 0 aliphatic carbocycles. The van der Waals surface area contributed by atoms with Gasteiger partial charge in [0.25, 0.3) is 0 Å². The van der Waals surface area contributed by atoms with Crippen molar-refractivity contribution >= 4 is 10.0 Å². The number of nitrogens with zero attached hydrogens (tertiary/aromatic N) is 1. The largest absolute Gasteiger partial charge is 0.329 e. The molecule has 1 saturated heterocycles. The molecular weight excluding hydrogens is 212 g/mol. The zero-order valence-corrected chi connectivity index (χ0v) is 10.5. The SMILES string of the molecule is CCCS(=O)(=O)N1C(C)CCCC1CN. The molecule has 0 aromatic rings. The first kappa shape index (κ1) is 12.9. The highest BCUT2D eigenvalue weighted by molar-refractivity contribution is 7.89. The zero-order valence-electron chi connectivity index (χ0n) is 9.65. The second kappa shape index (κ2) is 5.27. The molecule has 15 heavy (non-hydrogen) atoms. The molecule has 2 N–H and O–H groups in total. The Morgan fingerprint density at radius 1 is 1.40 bits per heavy atom. The maximum atomic E-state index is 12.0. The molecule has 2 unspecified atom stereocenters. The minimum Gasteiger partial charge on any atom is -0.329 e. The Morgan fingerprint density at radius 3 is 2.60 bits per heavy atom. The molecule has 0 aromatic heterocycles. The minimum atomic E-state index is -3.09. The molecule has 1 aliphatic rings. The van der Waals surface area contributed by atoms with Crippen molar-refractivity contribution in [2.45, 2.75) is 51.6 Å². The molecule has 0 radical (unpaired) electrons. The molecule has 0 aromatic carbocycles. The second-order valence-corrected chi connectivity index (χ2v) is 6.31. The summed E-state index contributed by atoms with van der Waals surface area (Å²) >= 11 is 0. The summed E-state index contributed by atoms with van der Waals surface area (Å²) in [6.45, 7) is 4.31. The summed E-state index contributed by atoms with van der Waals surface area (Å²) in [6.07, 6.45) is 3.62. The van der Waals surface area contributed by atoms with Crippen LogP contribution in [0.5, 0.6) is 0 Å². The fourth-order valence-electron chi connectivity index (χ4n) is 2.35. The summed E-state index contributed by atoms with van der Waals surface area (Å²) in [5, 5.41) is 0. The Balaban J connectivity index is 2.86. The molecule has 2 atom stereocenters. The molecule has 0 saturated carbocycles. The number of sulfonamides is 1. The fourth-order valence-corrected chi connectivity index (χ4v) is 4.38. The monoisotopic (exact) mass is 234 g/mol. The topological polar surface area (TPSA) is 63.4 Å². The molecular formula is C10H22N2O2S. The highest BCUT2D eigenvalue weighted by atomic mass is 32.2. The van der Waals surface area contributed by atoms with Gasteiger partial charge in [0.15, 0.2) is 0 Å². The van der Waals surface area contributed by atoms with Crippen LogP contribution in [0.4, 0.5) is 0 Å². The Hall–Kier alpha value is -0.130. The van der Waals surface area contributed by atoms with Gasteiger partial charge < -0.3 is 5.73 Å².